The Hall–Kier alpha value is -6.27. The Balaban J connectivity index is 2.30. The van der Waals surface area contributed by atoms with Crippen molar-refractivity contribution in [3.8, 4) is 5.75 Å². The molecule has 0 aliphatic carbocycles. The van der Waals surface area contributed by atoms with Crippen molar-refractivity contribution in [1.29, 1.82) is 0 Å². The Kier molecular flexibility index (Phi) is 25.2. The lowest BCUT2D eigenvalue weighted by atomic mass is 10.0. The second kappa shape index (κ2) is 29.6. The fourth-order valence-corrected chi connectivity index (χ4v) is 8.37. The number of thioether (sulfide) groups is 1. The van der Waals surface area contributed by atoms with E-state index in [1.54, 1.807) is 32.0 Å². The monoisotopic (exact) mass is 1010 g/mol. The van der Waals surface area contributed by atoms with Gasteiger partial charge in [0.15, 0.2) is 15.8 Å². The van der Waals surface area contributed by atoms with Crippen LogP contribution in [0.1, 0.15) is 78.7 Å². The lowest BCUT2D eigenvalue weighted by Gasteiger charge is -2.26. The average Bonchev–Trinajstić information content (AvgIpc) is 3.26. The molecule has 0 aromatic heterocycles. The Bertz CT molecular complexity index is 2190. The molecule has 0 radical (unpaired) electrons. The lowest BCUT2D eigenvalue weighted by molar-refractivity contribution is -0.145. The summed E-state index contributed by atoms with van der Waals surface area (Å²) in [6, 6.07) is 5.50. The van der Waals surface area contributed by atoms with Crippen molar-refractivity contribution in [2.45, 2.75) is 121 Å². The summed E-state index contributed by atoms with van der Waals surface area (Å²) in [6.07, 6.45) is -0.624. The maximum atomic E-state index is 13.9. The first-order valence-electron chi connectivity index (χ1n) is 22.3. The number of amides is 5. The van der Waals surface area contributed by atoms with Crippen LogP contribution in [0.2, 0.25) is 0 Å². The summed E-state index contributed by atoms with van der Waals surface area (Å²) in [5, 5.41) is 31.0. The number of nitrogens with one attached hydrogen (secondary N) is 5. The minimum absolute atomic E-state index is 0.00483. The van der Waals surface area contributed by atoms with E-state index in [1.807, 2.05) is 13.8 Å². The number of carboxylic acids is 1. The normalized spacial score (nSPS) is 13.9. The topological polar surface area (TPSA) is 371 Å². The largest absolute Gasteiger partial charge is 0.508 e. The molecule has 22 nitrogen and oxygen atoms in total. The maximum Gasteiger partial charge on any atom is 0.326 e. The van der Waals surface area contributed by atoms with E-state index in [4.69, 9.17) is 21.9 Å². The van der Waals surface area contributed by atoms with Gasteiger partial charge in [-0.05, 0) is 74.3 Å². The zero-order chi connectivity index (χ0) is 51.8. The number of hydrogen-bond donors (Lipinski definition) is 10. The van der Waals surface area contributed by atoms with Crippen LogP contribution >= 0.6 is 11.8 Å². The van der Waals surface area contributed by atoms with E-state index in [9.17, 15) is 57.0 Å². The minimum atomic E-state index is -3.85. The van der Waals surface area contributed by atoms with Crippen molar-refractivity contribution < 1.29 is 61.7 Å². The number of nitrogens with two attached hydrogens (primary N) is 3. The number of phenols is 1. The first kappa shape index (κ1) is 58.9. The van der Waals surface area contributed by atoms with Crippen LogP contribution in [0.25, 0.3) is 0 Å². The third-order valence-corrected chi connectivity index (χ3v) is 12.7. The average molecular weight is 1010 g/mol. The van der Waals surface area contributed by atoms with E-state index in [0.717, 1.165) is 0 Å². The van der Waals surface area contributed by atoms with Crippen molar-refractivity contribution in [2.75, 3.05) is 24.7 Å². The van der Waals surface area contributed by atoms with Crippen LogP contribution < -0.4 is 43.8 Å². The number of sulfone groups is 1. The second-order valence-electron chi connectivity index (χ2n) is 17.0. The fourth-order valence-electron chi connectivity index (χ4n) is 6.43. The predicted octanol–water partition coefficient (Wildman–Crippen LogP) is -0.00660. The number of aliphatic imine (C=N–C) groups is 1. The predicted molar refractivity (Wildman–Crippen MR) is 258 cm³/mol. The van der Waals surface area contributed by atoms with Crippen LogP contribution in [-0.2, 0) is 59.4 Å². The Labute approximate surface area is 406 Å². The van der Waals surface area contributed by atoms with Gasteiger partial charge in [-0.1, -0.05) is 69.8 Å². The lowest BCUT2D eigenvalue weighted by Crippen LogP contribution is -2.58. The zero-order valence-corrected chi connectivity index (χ0v) is 41.1. The molecule has 0 aliphatic heterocycles. The molecule has 5 amide bonds. The number of phenolic OH excluding ortho intramolecular Hbond substituents is 1. The van der Waals surface area contributed by atoms with Crippen molar-refractivity contribution in [3.05, 3.63) is 60.2 Å². The van der Waals surface area contributed by atoms with E-state index in [-0.39, 0.29) is 72.8 Å². The standard InChI is InChI=1S/C45H67N9O13S2/c1-26(2)22-32(46)40(59)53-34(24-29-13-15-30(55)16-14-29)42(61)52-33(12-9-18-49-45(47)48)41(60)50-28(5)39(58)54-36(25-38(57)67-19-21-69(65,66)31-10-7-6-8-11-31)44(64)68-20-17-37(56)51-35(43(62)63)23-27(3)4/h6-8,10-11,13-16,26-28,32-36,55H,9,12,17-25,46H2,1-5H3,(H,50,60)(H,51,56)(H,52,61)(H,53,59)(H,54,58)(H,62,63)(H4,47,48,49)/t28-,32-,33-,34-,35-,36-/m0/s1. The third-order valence-electron chi connectivity index (χ3n) is 10.0. The number of nitrogens with zero attached hydrogens (tertiary/aromatic N) is 1. The molecule has 2 aromatic rings. The number of benzene rings is 2. The van der Waals surface area contributed by atoms with Crippen molar-refractivity contribution >= 4 is 74.1 Å². The number of aliphatic carboxylic acids is 1. The Morgan fingerprint density at radius 1 is 0.739 bits per heavy atom. The number of esters is 1. The van der Waals surface area contributed by atoms with E-state index in [0.29, 0.717) is 23.7 Å². The molecule has 0 unspecified atom stereocenters. The van der Waals surface area contributed by atoms with Gasteiger partial charge in [0.2, 0.25) is 34.7 Å². The van der Waals surface area contributed by atoms with E-state index >= 15 is 0 Å². The van der Waals surface area contributed by atoms with E-state index in [1.165, 1.54) is 43.3 Å². The molecule has 382 valence electrons. The summed E-state index contributed by atoms with van der Waals surface area (Å²) in [7, 11) is -3.85. The molecule has 2 rings (SSSR count). The molecule has 0 spiro atoms. The summed E-state index contributed by atoms with van der Waals surface area (Å²) in [5.74, 6) is -7.26. The van der Waals surface area contributed by atoms with Crippen molar-refractivity contribution in [1.82, 2.24) is 26.6 Å². The summed E-state index contributed by atoms with van der Waals surface area (Å²) < 4.78 is 30.6. The summed E-state index contributed by atoms with van der Waals surface area (Å²) in [4.78, 5) is 109. The SMILES string of the molecule is CC(C)C[C@H](NC(=O)CCSC(=O)[C@H](CC(=O)OCCS(=O)(=O)c1ccccc1)NC(=O)[C@H](C)NC(=O)[C@H](CCCN=C(N)N)NC(=O)[C@H](Cc1ccc(O)cc1)NC(=O)[C@@H](N)CC(C)C)C(=O)O. The molecule has 0 saturated heterocycles. The van der Waals surface area contributed by atoms with Crippen LogP contribution in [0.3, 0.4) is 0 Å². The van der Waals surface area contributed by atoms with Crippen molar-refractivity contribution in [3.63, 3.8) is 0 Å². The fraction of sp³-hybridized carbons (Fsp3) is 0.533. The molecule has 0 aliphatic rings. The zero-order valence-electron chi connectivity index (χ0n) is 39.5. The van der Waals surface area contributed by atoms with E-state index in [2.05, 4.69) is 31.6 Å². The number of aromatic hydroxyl groups is 1. The highest BCUT2D eigenvalue weighted by molar-refractivity contribution is 8.13. The molecular formula is C45H67N9O13S2. The van der Waals surface area contributed by atoms with Gasteiger partial charge in [0.1, 0.15) is 42.6 Å². The van der Waals surface area contributed by atoms with Crippen LogP contribution in [0.5, 0.6) is 5.75 Å². The summed E-state index contributed by atoms with van der Waals surface area (Å²) >= 11 is 0.555. The van der Waals surface area contributed by atoms with Gasteiger partial charge in [0.05, 0.1) is 23.1 Å². The number of carboxylic acid groups (broad SMARTS) is 1. The Morgan fingerprint density at radius 3 is 1.93 bits per heavy atom. The molecule has 0 saturated carbocycles. The summed E-state index contributed by atoms with van der Waals surface area (Å²) in [5.41, 5.74) is 17.6. The van der Waals surface area contributed by atoms with Crippen LogP contribution in [-0.4, -0.2) is 132 Å². The van der Waals surface area contributed by atoms with Gasteiger partial charge in [-0.2, -0.15) is 0 Å². The molecule has 0 fully saturated rings. The number of guanidine groups is 1. The van der Waals surface area contributed by atoms with E-state index < -0.39 is 111 Å². The maximum absolute atomic E-state index is 13.9. The minimum Gasteiger partial charge on any atom is -0.508 e. The second-order valence-corrected chi connectivity index (χ2v) is 20.2. The molecule has 2 aromatic carbocycles. The molecule has 13 N–H and O–H groups in total. The van der Waals surface area contributed by atoms with Gasteiger partial charge >= 0.3 is 11.9 Å². The van der Waals surface area contributed by atoms with Gasteiger partial charge in [-0.15, -0.1) is 0 Å². The third kappa shape index (κ3) is 23.1. The molecule has 0 bridgehead atoms. The van der Waals surface area contributed by atoms with Crippen LogP contribution in [0, 0.1) is 11.8 Å². The van der Waals surface area contributed by atoms with Gasteiger partial charge in [-0.25, -0.2) is 13.2 Å². The Morgan fingerprint density at radius 2 is 1.33 bits per heavy atom. The first-order chi connectivity index (χ1) is 32.4. The van der Waals surface area contributed by atoms with Gasteiger partial charge < -0.3 is 58.7 Å². The van der Waals surface area contributed by atoms with Gasteiger partial charge in [-0.3, -0.25) is 38.6 Å². The smallest absolute Gasteiger partial charge is 0.326 e. The summed E-state index contributed by atoms with van der Waals surface area (Å²) in [6.45, 7) is 8.02. The molecule has 0 heterocycles. The van der Waals surface area contributed by atoms with Crippen molar-refractivity contribution in [2.24, 2.45) is 34.0 Å². The highest BCUT2D eigenvalue weighted by Gasteiger charge is 2.32. The molecule has 6 atom stereocenters. The van der Waals surface area contributed by atoms with Crippen LogP contribution in [0.4, 0.5) is 0 Å². The highest BCUT2D eigenvalue weighted by Crippen LogP contribution is 2.16. The number of carbonyl (C=O) groups is 8. The quantitative estimate of drug-likeness (QED) is 0.0213. The van der Waals surface area contributed by atoms with Gasteiger partial charge in [0.25, 0.3) is 0 Å². The van der Waals surface area contributed by atoms with Crippen LogP contribution in [0.15, 0.2) is 64.5 Å². The van der Waals surface area contributed by atoms with Gasteiger partial charge in [0, 0.05) is 25.1 Å². The number of carbonyl (C=O) groups excluding carboxylic acids is 7. The first-order valence-corrected chi connectivity index (χ1v) is 24.9. The highest BCUT2D eigenvalue weighted by atomic mass is 32.2. The molecule has 69 heavy (non-hydrogen) atoms. The number of rotatable bonds is 30. The number of ether oxygens (including phenoxy) is 1. The molecule has 24 heteroatoms. The molecular weight excluding hydrogens is 939 g/mol. The number of hydrogen-bond acceptors (Lipinski definition) is 15.